The van der Waals surface area contributed by atoms with Gasteiger partial charge in [-0.3, -0.25) is 0 Å². The average Bonchev–Trinajstić information content (AvgIpc) is 2.21. The lowest BCUT2D eigenvalue weighted by molar-refractivity contribution is 0.688. The normalized spacial score (nSPS) is 11.8. The average molecular weight is 204 g/mol. The highest BCUT2D eigenvalue weighted by Crippen LogP contribution is 2.20. The maximum Gasteiger partial charge on any atom is 0.150 e. The molecule has 4 nitrogen and oxygen atoms in total. The number of nitrogen functional groups attached to an aromatic ring is 1. The van der Waals surface area contributed by atoms with Crippen molar-refractivity contribution in [3.05, 3.63) is 17.8 Å². The minimum absolute atomic E-state index is 0.318. The fraction of sp³-hybridized carbons (Fsp3) is 0.455. The highest BCUT2D eigenvalue weighted by atomic mass is 15.0. The molecule has 0 saturated heterocycles. The molecule has 0 spiro atoms. The van der Waals surface area contributed by atoms with Crippen molar-refractivity contribution in [3.8, 4) is 6.07 Å². The van der Waals surface area contributed by atoms with Gasteiger partial charge in [-0.25, -0.2) is 4.98 Å². The van der Waals surface area contributed by atoms with E-state index in [4.69, 9.17) is 11.0 Å². The minimum Gasteiger partial charge on any atom is -0.395 e. The molecule has 80 valence electrons. The monoisotopic (exact) mass is 204 g/mol. The zero-order valence-corrected chi connectivity index (χ0v) is 9.12. The van der Waals surface area contributed by atoms with Crippen LogP contribution >= 0.6 is 0 Å². The molecule has 1 aromatic rings. The van der Waals surface area contributed by atoms with Gasteiger partial charge in [0.05, 0.1) is 11.3 Å². The fourth-order valence-electron chi connectivity index (χ4n) is 1.42. The minimum atomic E-state index is 0.318. The smallest absolute Gasteiger partial charge is 0.150 e. The van der Waals surface area contributed by atoms with E-state index in [0.717, 1.165) is 12.8 Å². The van der Waals surface area contributed by atoms with E-state index in [-0.39, 0.29) is 0 Å². The molecule has 1 unspecified atom stereocenters. The standard InChI is InChI=1S/C11H16N4/c1-3-4-8(2)15-11-10(13)9(7-12)5-6-14-11/h5-6,8H,3-4,13H2,1-2H3,(H,14,15). The molecule has 1 heterocycles. The Balaban J connectivity index is 2.82. The third-order valence-corrected chi connectivity index (χ3v) is 2.22. The Hall–Kier alpha value is -1.76. The van der Waals surface area contributed by atoms with Crippen LogP contribution in [0.3, 0.4) is 0 Å². The number of rotatable bonds is 4. The first-order valence-corrected chi connectivity index (χ1v) is 5.10. The van der Waals surface area contributed by atoms with E-state index in [0.29, 0.717) is 23.1 Å². The summed E-state index contributed by atoms with van der Waals surface area (Å²) in [6, 6.07) is 3.97. The Bertz CT molecular complexity index is 367. The molecule has 0 fully saturated rings. The van der Waals surface area contributed by atoms with E-state index in [9.17, 15) is 0 Å². The van der Waals surface area contributed by atoms with Crippen molar-refractivity contribution in [3.63, 3.8) is 0 Å². The predicted octanol–water partition coefficient (Wildman–Crippen LogP) is 2.14. The van der Waals surface area contributed by atoms with Crippen molar-refractivity contribution in [1.82, 2.24) is 4.98 Å². The molecule has 1 atom stereocenters. The molecule has 1 rings (SSSR count). The van der Waals surface area contributed by atoms with E-state index >= 15 is 0 Å². The van der Waals surface area contributed by atoms with E-state index < -0.39 is 0 Å². The maximum atomic E-state index is 8.79. The summed E-state index contributed by atoms with van der Waals surface area (Å²) in [5.41, 5.74) is 6.69. The first-order chi connectivity index (χ1) is 7.19. The molecule has 0 aliphatic heterocycles. The molecule has 0 aromatic carbocycles. The van der Waals surface area contributed by atoms with Gasteiger partial charge in [0.1, 0.15) is 6.07 Å². The van der Waals surface area contributed by atoms with Gasteiger partial charge in [0.15, 0.2) is 5.82 Å². The quantitative estimate of drug-likeness (QED) is 0.787. The number of nitrogens with one attached hydrogen (secondary N) is 1. The van der Waals surface area contributed by atoms with Gasteiger partial charge >= 0.3 is 0 Å². The van der Waals surface area contributed by atoms with Crippen LogP contribution < -0.4 is 11.1 Å². The Kier molecular flexibility index (Phi) is 3.92. The highest BCUT2D eigenvalue weighted by Gasteiger charge is 2.08. The van der Waals surface area contributed by atoms with Crippen LogP contribution in [0.2, 0.25) is 0 Å². The molecule has 1 aromatic heterocycles. The lowest BCUT2D eigenvalue weighted by atomic mass is 10.2. The second-order valence-electron chi connectivity index (χ2n) is 3.57. The molecule has 0 radical (unpaired) electrons. The predicted molar refractivity (Wildman–Crippen MR) is 61.4 cm³/mol. The summed E-state index contributed by atoms with van der Waals surface area (Å²) in [5, 5.41) is 12.0. The molecule has 3 N–H and O–H groups in total. The molecule has 15 heavy (non-hydrogen) atoms. The summed E-state index contributed by atoms with van der Waals surface area (Å²) < 4.78 is 0. The van der Waals surface area contributed by atoms with Crippen LogP contribution in [0.15, 0.2) is 12.3 Å². The van der Waals surface area contributed by atoms with E-state index in [1.54, 1.807) is 12.3 Å². The van der Waals surface area contributed by atoms with E-state index in [1.165, 1.54) is 0 Å². The number of nitrogens with two attached hydrogens (primary N) is 1. The van der Waals surface area contributed by atoms with Crippen molar-refractivity contribution in [2.45, 2.75) is 32.7 Å². The topological polar surface area (TPSA) is 74.7 Å². The number of nitriles is 1. The van der Waals surface area contributed by atoms with Gasteiger partial charge in [-0.2, -0.15) is 5.26 Å². The summed E-state index contributed by atoms with van der Waals surface area (Å²) in [6.45, 7) is 4.20. The van der Waals surface area contributed by atoms with E-state index in [2.05, 4.69) is 24.1 Å². The van der Waals surface area contributed by atoms with Crippen molar-refractivity contribution < 1.29 is 0 Å². The first kappa shape index (κ1) is 11.3. The van der Waals surface area contributed by atoms with Crippen molar-refractivity contribution in [2.75, 3.05) is 11.1 Å². The van der Waals surface area contributed by atoms with Gasteiger partial charge in [-0.05, 0) is 19.4 Å². The molecule has 0 amide bonds. The summed E-state index contributed by atoms with van der Waals surface area (Å²) in [7, 11) is 0. The number of nitrogens with zero attached hydrogens (tertiary/aromatic N) is 2. The number of aromatic nitrogens is 1. The maximum absolute atomic E-state index is 8.79. The molecule has 0 bridgehead atoms. The van der Waals surface area contributed by atoms with Gasteiger partial charge < -0.3 is 11.1 Å². The second-order valence-corrected chi connectivity index (χ2v) is 3.57. The molecule has 0 aliphatic rings. The zero-order valence-electron chi connectivity index (χ0n) is 9.12. The third-order valence-electron chi connectivity index (χ3n) is 2.22. The van der Waals surface area contributed by atoms with Crippen LogP contribution in [0.25, 0.3) is 0 Å². The molecule has 0 saturated carbocycles. The summed E-state index contributed by atoms with van der Waals surface area (Å²) in [6.07, 6.45) is 3.75. The first-order valence-electron chi connectivity index (χ1n) is 5.10. The van der Waals surface area contributed by atoms with Crippen molar-refractivity contribution in [2.24, 2.45) is 0 Å². The fourth-order valence-corrected chi connectivity index (χ4v) is 1.42. The lowest BCUT2D eigenvalue weighted by Gasteiger charge is -2.15. The number of hydrogen-bond donors (Lipinski definition) is 2. The van der Waals surface area contributed by atoms with Crippen LogP contribution in [-0.4, -0.2) is 11.0 Å². The Morgan fingerprint density at radius 2 is 2.40 bits per heavy atom. The van der Waals surface area contributed by atoms with E-state index in [1.807, 2.05) is 6.07 Å². The van der Waals surface area contributed by atoms with Crippen LogP contribution in [0.4, 0.5) is 11.5 Å². The molecule has 4 heteroatoms. The van der Waals surface area contributed by atoms with Gasteiger partial charge in [-0.1, -0.05) is 13.3 Å². The SMILES string of the molecule is CCCC(C)Nc1nccc(C#N)c1N. The zero-order chi connectivity index (χ0) is 11.3. The molecule has 0 aliphatic carbocycles. The summed E-state index contributed by atoms with van der Waals surface area (Å²) in [4.78, 5) is 4.12. The Morgan fingerprint density at radius 1 is 1.67 bits per heavy atom. The van der Waals surface area contributed by atoms with Crippen LogP contribution in [0, 0.1) is 11.3 Å². The number of pyridine rings is 1. The third kappa shape index (κ3) is 2.84. The Labute approximate surface area is 90.1 Å². The second kappa shape index (κ2) is 5.20. The number of anilines is 2. The van der Waals surface area contributed by atoms with Crippen molar-refractivity contribution in [1.29, 1.82) is 5.26 Å². The van der Waals surface area contributed by atoms with Gasteiger partial charge in [0.2, 0.25) is 0 Å². The van der Waals surface area contributed by atoms with Crippen molar-refractivity contribution >= 4 is 11.5 Å². The van der Waals surface area contributed by atoms with Crippen LogP contribution in [0.5, 0.6) is 0 Å². The lowest BCUT2D eigenvalue weighted by Crippen LogP contribution is -2.17. The highest BCUT2D eigenvalue weighted by molar-refractivity contribution is 5.68. The summed E-state index contributed by atoms with van der Waals surface area (Å²) >= 11 is 0. The van der Waals surface area contributed by atoms with Gasteiger partial charge in [0, 0.05) is 12.2 Å². The van der Waals surface area contributed by atoms with Crippen LogP contribution in [0.1, 0.15) is 32.3 Å². The van der Waals surface area contributed by atoms with Gasteiger partial charge in [0.25, 0.3) is 0 Å². The van der Waals surface area contributed by atoms with Crippen LogP contribution in [-0.2, 0) is 0 Å². The van der Waals surface area contributed by atoms with Gasteiger partial charge in [-0.15, -0.1) is 0 Å². The largest absolute Gasteiger partial charge is 0.395 e. The molecular weight excluding hydrogens is 188 g/mol. The molecular formula is C11H16N4. The Morgan fingerprint density at radius 3 is 3.00 bits per heavy atom. The number of hydrogen-bond acceptors (Lipinski definition) is 4. The summed E-state index contributed by atoms with van der Waals surface area (Å²) in [5.74, 6) is 0.606.